The van der Waals surface area contributed by atoms with Crippen LogP contribution in [0.5, 0.6) is 0 Å². The highest BCUT2D eigenvalue weighted by Gasteiger charge is 2.15. The molecule has 0 N–H and O–H groups in total. The van der Waals surface area contributed by atoms with E-state index in [4.69, 9.17) is 12.9 Å². The lowest BCUT2D eigenvalue weighted by atomic mass is 9.94. The van der Waals surface area contributed by atoms with E-state index in [0.29, 0.717) is 5.92 Å². The zero-order chi connectivity index (χ0) is 18.8. The van der Waals surface area contributed by atoms with Crippen LogP contribution in [0.1, 0.15) is 62.8 Å². The molecule has 0 radical (unpaired) electrons. The summed E-state index contributed by atoms with van der Waals surface area (Å²) in [6.07, 6.45) is 2.84. The summed E-state index contributed by atoms with van der Waals surface area (Å²) < 4.78 is 18.0. The van der Waals surface area contributed by atoms with E-state index in [2.05, 4.69) is 58.9 Å². The lowest BCUT2D eigenvalue weighted by Gasteiger charge is -2.11. The largest absolute Gasteiger partial charge is 0.399 e. The number of hydrogen-bond acceptors (Lipinski definition) is 3. The van der Waals surface area contributed by atoms with Crippen molar-refractivity contribution in [2.45, 2.75) is 59.8 Å². The van der Waals surface area contributed by atoms with Crippen molar-refractivity contribution in [1.29, 1.82) is 0 Å². The molecule has 3 nitrogen and oxygen atoms in total. The lowest BCUT2D eigenvalue weighted by Crippen LogP contribution is -1.93. The van der Waals surface area contributed by atoms with Crippen LogP contribution in [-0.2, 0) is 19.3 Å². The van der Waals surface area contributed by atoms with E-state index in [9.17, 15) is 0 Å². The normalized spacial score (nSPS) is 12.3. The Balaban J connectivity index is 2.61. The van der Waals surface area contributed by atoms with E-state index in [1.54, 1.807) is 7.11 Å². The van der Waals surface area contributed by atoms with Gasteiger partial charge in [-0.25, -0.2) is 0 Å². The van der Waals surface area contributed by atoms with Gasteiger partial charge in [-0.3, -0.25) is 4.52 Å². The molecule has 0 aliphatic carbocycles. The molecule has 1 unspecified atom stereocenters. The predicted molar refractivity (Wildman–Crippen MR) is 111 cm³/mol. The second-order valence-electron chi connectivity index (χ2n) is 6.99. The summed E-state index contributed by atoms with van der Waals surface area (Å²) in [5.41, 5.74) is 6.92. The molecule has 3 rings (SSSR count). The molecule has 1 heterocycles. The maximum Gasteiger partial charge on any atom is 0.387 e. The zero-order valence-corrected chi connectivity index (χ0v) is 17.6. The van der Waals surface area contributed by atoms with Gasteiger partial charge >= 0.3 is 8.24 Å². The van der Waals surface area contributed by atoms with E-state index >= 15 is 0 Å². The van der Waals surface area contributed by atoms with Gasteiger partial charge in [-0.15, -0.1) is 0 Å². The van der Waals surface area contributed by atoms with Gasteiger partial charge in [0.05, 0.1) is 7.11 Å². The average molecular weight is 372 g/mol. The van der Waals surface area contributed by atoms with Crippen molar-refractivity contribution >= 4 is 30.2 Å². The molecule has 2 aromatic carbocycles. The zero-order valence-electron chi connectivity index (χ0n) is 16.7. The third-order valence-corrected chi connectivity index (χ3v) is 5.98. The van der Waals surface area contributed by atoms with Crippen molar-refractivity contribution in [3.8, 4) is 0 Å². The molecule has 0 aliphatic rings. The third kappa shape index (κ3) is 3.43. The Hall–Kier alpha value is -1.70. The molecule has 0 amide bonds. The summed E-state index contributed by atoms with van der Waals surface area (Å²) in [5, 5.41) is 2.27. The summed E-state index contributed by atoms with van der Waals surface area (Å²) in [6, 6.07) is 9.05. The molecule has 3 aromatic rings. The molecule has 1 aromatic heterocycles. The quantitative estimate of drug-likeness (QED) is 0.477. The van der Waals surface area contributed by atoms with Crippen molar-refractivity contribution in [2.24, 2.45) is 0 Å². The van der Waals surface area contributed by atoms with Gasteiger partial charge in [-0.05, 0) is 59.6 Å². The smallest absolute Gasteiger partial charge is 0.387 e. The van der Waals surface area contributed by atoms with Crippen LogP contribution >= 0.6 is 8.24 Å². The summed E-state index contributed by atoms with van der Waals surface area (Å²) in [5.74, 6) is 0.460. The maximum absolute atomic E-state index is 6.24. The molecule has 0 saturated carbocycles. The molecular formula is C22H29O3P. The monoisotopic (exact) mass is 372 g/mol. The fourth-order valence-electron chi connectivity index (χ4n) is 3.39. The Morgan fingerprint density at radius 1 is 0.846 bits per heavy atom. The SMILES string of the molecule is CCc1cc(CC)c2op(OC)oc3c(CC)cc(C(C)C)cc3c2c1. The van der Waals surface area contributed by atoms with Crippen molar-refractivity contribution < 1.29 is 12.9 Å². The van der Waals surface area contributed by atoms with Gasteiger partial charge in [0.2, 0.25) is 0 Å². The minimum atomic E-state index is -1.45. The first kappa shape index (κ1) is 19.1. The molecule has 0 fully saturated rings. The predicted octanol–water partition coefficient (Wildman–Crippen LogP) is 7.16. The van der Waals surface area contributed by atoms with Gasteiger partial charge in [-0.2, -0.15) is 0 Å². The molecular weight excluding hydrogens is 343 g/mol. The number of hydrogen-bond donors (Lipinski definition) is 0. The topological polar surface area (TPSA) is 35.5 Å². The Morgan fingerprint density at radius 2 is 1.42 bits per heavy atom. The first-order valence-corrected chi connectivity index (χ1v) is 10.6. The lowest BCUT2D eigenvalue weighted by molar-refractivity contribution is 0.453. The second-order valence-corrected chi connectivity index (χ2v) is 8.17. The van der Waals surface area contributed by atoms with Crippen LogP contribution < -0.4 is 4.52 Å². The fourth-order valence-corrected chi connectivity index (χ4v) is 4.30. The van der Waals surface area contributed by atoms with Crippen molar-refractivity contribution in [1.82, 2.24) is 0 Å². The minimum absolute atomic E-state index is 0.460. The second kappa shape index (κ2) is 7.90. The van der Waals surface area contributed by atoms with Crippen LogP contribution in [-0.4, -0.2) is 7.11 Å². The molecule has 140 valence electrons. The van der Waals surface area contributed by atoms with Crippen molar-refractivity contribution in [3.63, 3.8) is 0 Å². The van der Waals surface area contributed by atoms with Crippen LogP contribution in [0.2, 0.25) is 0 Å². The van der Waals surface area contributed by atoms with Gasteiger partial charge in [-0.1, -0.05) is 46.8 Å². The number of rotatable bonds is 5. The van der Waals surface area contributed by atoms with Gasteiger partial charge in [0, 0.05) is 10.8 Å². The Bertz CT molecular complexity index is 971. The summed E-state index contributed by atoms with van der Waals surface area (Å²) in [4.78, 5) is 0. The van der Waals surface area contributed by atoms with E-state index in [1.165, 1.54) is 22.3 Å². The summed E-state index contributed by atoms with van der Waals surface area (Å²) in [7, 11) is 0.197. The summed E-state index contributed by atoms with van der Waals surface area (Å²) in [6.45, 7) is 11.0. The standard InChI is InChI=1S/C22H29O3P/c1-7-15-10-16(8-2)21-19(11-15)20-13-18(14(4)5)12-17(9-3)22(20)25-26(23-6)24-21/h10-14H,7-9H2,1-6H3. The van der Waals surface area contributed by atoms with Gasteiger partial charge < -0.3 is 8.39 Å². The molecule has 4 heteroatoms. The van der Waals surface area contributed by atoms with E-state index in [1.807, 2.05) is 0 Å². The van der Waals surface area contributed by atoms with E-state index < -0.39 is 8.24 Å². The van der Waals surface area contributed by atoms with Crippen LogP contribution in [0.15, 0.2) is 32.7 Å². The highest BCUT2D eigenvalue weighted by Crippen LogP contribution is 2.38. The first-order chi connectivity index (χ1) is 12.5. The molecule has 26 heavy (non-hydrogen) atoms. The molecule has 1 atom stereocenters. The van der Waals surface area contributed by atoms with Crippen LogP contribution in [0.25, 0.3) is 21.9 Å². The highest BCUT2D eigenvalue weighted by atomic mass is 31.1. The number of aryl methyl sites for hydroxylation is 3. The van der Waals surface area contributed by atoms with E-state index in [-0.39, 0.29) is 0 Å². The van der Waals surface area contributed by atoms with Gasteiger partial charge in [0.15, 0.2) is 0 Å². The highest BCUT2D eigenvalue weighted by molar-refractivity contribution is 7.31. The molecule has 0 aliphatic heterocycles. The average Bonchev–Trinajstić information content (AvgIpc) is 2.82. The van der Waals surface area contributed by atoms with Crippen LogP contribution in [0.3, 0.4) is 0 Å². The Labute approximate surface area is 157 Å². The Kier molecular flexibility index (Phi) is 5.79. The van der Waals surface area contributed by atoms with Gasteiger partial charge in [0.1, 0.15) is 11.2 Å². The van der Waals surface area contributed by atoms with E-state index in [0.717, 1.165) is 41.2 Å². The first-order valence-electron chi connectivity index (χ1n) is 9.55. The maximum atomic E-state index is 6.24. The Morgan fingerprint density at radius 3 is 1.92 bits per heavy atom. The molecule has 0 saturated heterocycles. The fraction of sp³-hybridized carbons (Fsp3) is 0.455. The van der Waals surface area contributed by atoms with Crippen LogP contribution in [0, 0.1) is 0 Å². The minimum Gasteiger partial charge on any atom is -0.399 e. The van der Waals surface area contributed by atoms with Crippen molar-refractivity contribution in [3.05, 3.63) is 46.5 Å². The third-order valence-electron chi connectivity index (χ3n) is 5.02. The number of fused-ring (bicyclic) bond motifs is 3. The number of benzene rings is 2. The molecule has 0 spiro atoms. The molecule has 0 bridgehead atoms. The summed E-state index contributed by atoms with van der Waals surface area (Å²) >= 11 is 0. The van der Waals surface area contributed by atoms with Gasteiger partial charge in [0.25, 0.3) is 0 Å². The van der Waals surface area contributed by atoms with Crippen molar-refractivity contribution in [2.75, 3.05) is 7.11 Å². The van der Waals surface area contributed by atoms with Crippen LogP contribution in [0.4, 0.5) is 0 Å².